The van der Waals surface area contributed by atoms with Crippen molar-refractivity contribution in [3.05, 3.63) is 93.5 Å². The standard InChI is InChI=1S/C21H22N4O2/c1-15-11-19(26)18(13-23-15)21(27)24-12-17-9-6-10-22-20(17)25(2)14-16-7-4-3-5-8-16/h3-11,13H,12,14H2,1-2H3,(H,23,26)(H,24,27). The van der Waals surface area contributed by atoms with Gasteiger partial charge in [0.25, 0.3) is 5.91 Å². The number of hydrogen-bond donors (Lipinski definition) is 2. The topological polar surface area (TPSA) is 78.1 Å². The molecule has 1 amide bonds. The fourth-order valence-corrected chi connectivity index (χ4v) is 2.87. The molecule has 0 atom stereocenters. The second-order valence-corrected chi connectivity index (χ2v) is 6.40. The Balaban J connectivity index is 1.72. The highest BCUT2D eigenvalue weighted by Gasteiger charge is 2.13. The number of aromatic amines is 1. The Hall–Kier alpha value is -3.41. The number of hydrogen-bond acceptors (Lipinski definition) is 4. The Morgan fingerprint density at radius 3 is 2.70 bits per heavy atom. The molecule has 0 fully saturated rings. The summed E-state index contributed by atoms with van der Waals surface area (Å²) < 4.78 is 0. The fourth-order valence-electron chi connectivity index (χ4n) is 2.87. The van der Waals surface area contributed by atoms with E-state index >= 15 is 0 Å². The van der Waals surface area contributed by atoms with Gasteiger partial charge in [-0.3, -0.25) is 9.59 Å². The second kappa shape index (κ2) is 8.31. The molecule has 2 N–H and O–H groups in total. The van der Waals surface area contributed by atoms with E-state index in [0.29, 0.717) is 12.2 Å². The van der Waals surface area contributed by atoms with Crippen LogP contribution in [0.4, 0.5) is 5.82 Å². The first-order valence-electron chi connectivity index (χ1n) is 8.71. The van der Waals surface area contributed by atoms with Crippen molar-refractivity contribution >= 4 is 11.7 Å². The van der Waals surface area contributed by atoms with Crippen LogP contribution in [0.3, 0.4) is 0 Å². The summed E-state index contributed by atoms with van der Waals surface area (Å²) in [5.74, 6) is 0.385. The number of anilines is 1. The fraction of sp³-hybridized carbons (Fsp3) is 0.190. The number of carbonyl (C=O) groups is 1. The number of aryl methyl sites for hydroxylation is 1. The highest BCUT2D eigenvalue weighted by Crippen LogP contribution is 2.18. The third kappa shape index (κ3) is 4.61. The van der Waals surface area contributed by atoms with Crippen molar-refractivity contribution in [3.63, 3.8) is 0 Å². The van der Waals surface area contributed by atoms with Gasteiger partial charge in [0.1, 0.15) is 11.4 Å². The third-order valence-corrected chi connectivity index (χ3v) is 4.23. The largest absolute Gasteiger partial charge is 0.364 e. The molecule has 3 rings (SSSR count). The monoisotopic (exact) mass is 362 g/mol. The first-order valence-corrected chi connectivity index (χ1v) is 8.71. The van der Waals surface area contributed by atoms with E-state index in [1.54, 1.807) is 13.1 Å². The van der Waals surface area contributed by atoms with E-state index in [-0.39, 0.29) is 17.5 Å². The molecule has 27 heavy (non-hydrogen) atoms. The molecule has 0 aliphatic carbocycles. The van der Waals surface area contributed by atoms with Gasteiger partial charge in [0.15, 0.2) is 5.43 Å². The molecular weight excluding hydrogens is 340 g/mol. The lowest BCUT2D eigenvalue weighted by molar-refractivity contribution is 0.0949. The van der Waals surface area contributed by atoms with Gasteiger partial charge in [-0.15, -0.1) is 0 Å². The maximum absolute atomic E-state index is 12.4. The van der Waals surface area contributed by atoms with Crippen LogP contribution in [0.15, 0.2) is 65.7 Å². The average molecular weight is 362 g/mol. The lowest BCUT2D eigenvalue weighted by Crippen LogP contribution is -2.29. The quantitative estimate of drug-likeness (QED) is 0.707. The van der Waals surface area contributed by atoms with E-state index in [0.717, 1.165) is 11.4 Å². The number of nitrogens with one attached hydrogen (secondary N) is 2. The molecule has 0 unspecified atom stereocenters. The van der Waals surface area contributed by atoms with Crippen molar-refractivity contribution in [2.75, 3.05) is 11.9 Å². The second-order valence-electron chi connectivity index (χ2n) is 6.40. The average Bonchev–Trinajstić information content (AvgIpc) is 2.67. The minimum atomic E-state index is -0.406. The molecular formula is C21H22N4O2. The summed E-state index contributed by atoms with van der Waals surface area (Å²) >= 11 is 0. The SMILES string of the molecule is Cc1cc(=O)c(C(=O)NCc2cccnc2N(C)Cc2ccccc2)c[nH]1. The minimum Gasteiger partial charge on any atom is -0.364 e. The van der Waals surface area contributed by atoms with E-state index in [4.69, 9.17) is 0 Å². The molecule has 2 heterocycles. The number of pyridine rings is 2. The number of aromatic nitrogens is 2. The number of H-pyrrole nitrogens is 1. The van der Waals surface area contributed by atoms with Crippen LogP contribution in [0, 0.1) is 6.92 Å². The Labute approximate surface area is 157 Å². The minimum absolute atomic E-state index is 0.101. The molecule has 0 spiro atoms. The van der Waals surface area contributed by atoms with Crippen molar-refractivity contribution < 1.29 is 4.79 Å². The predicted octanol–water partition coefficient (Wildman–Crippen LogP) is 2.64. The van der Waals surface area contributed by atoms with Gasteiger partial charge in [0.2, 0.25) is 0 Å². The molecule has 0 radical (unpaired) electrons. The highest BCUT2D eigenvalue weighted by atomic mass is 16.2. The normalized spacial score (nSPS) is 10.4. The number of nitrogens with zero attached hydrogens (tertiary/aromatic N) is 2. The van der Waals surface area contributed by atoms with E-state index in [9.17, 15) is 9.59 Å². The summed E-state index contributed by atoms with van der Waals surface area (Å²) in [5.41, 5.74) is 2.58. The number of carbonyl (C=O) groups excluding carboxylic acids is 1. The van der Waals surface area contributed by atoms with Crippen molar-refractivity contribution in [1.82, 2.24) is 15.3 Å². The Kier molecular flexibility index (Phi) is 5.66. The number of amides is 1. The van der Waals surface area contributed by atoms with Gasteiger partial charge in [-0.25, -0.2) is 4.98 Å². The van der Waals surface area contributed by atoms with Crippen molar-refractivity contribution in [2.45, 2.75) is 20.0 Å². The predicted molar refractivity (Wildman–Crippen MR) is 106 cm³/mol. The van der Waals surface area contributed by atoms with Gasteiger partial charge in [-0.05, 0) is 18.6 Å². The zero-order valence-corrected chi connectivity index (χ0v) is 15.4. The molecule has 3 aromatic rings. The third-order valence-electron chi connectivity index (χ3n) is 4.23. The molecule has 0 saturated heterocycles. The Morgan fingerprint density at radius 2 is 1.96 bits per heavy atom. The van der Waals surface area contributed by atoms with Gasteiger partial charge in [0, 0.05) is 49.9 Å². The summed E-state index contributed by atoms with van der Waals surface area (Å²) in [4.78, 5) is 33.7. The summed E-state index contributed by atoms with van der Waals surface area (Å²) in [6.45, 7) is 2.76. The highest BCUT2D eigenvalue weighted by molar-refractivity contribution is 5.93. The van der Waals surface area contributed by atoms with Crippen LogP contribution >= 0.6 is 0 Å². The molecule has 2 aromatic heterocycles. The molecule has 6 heteroatoms. The smallest absolute Gasteiger partial charge is 0.257 e. The summed E-state index contributed by atoms with van der Waals surface area (Å²) in [6.07, 6.45) is 3.17. The number of benzene rings is 1. The first kappa shape index (κ1) is 18.4. The molecule has 6 nitrogen and oxygen atoms in total. The van der Waals surface area contributed by atoms with E-state index in [1.807, 2.05) is 42.3 Å². The van der Waals surface area contributed by atoms with Gasteiger partial charge < -0.3 is 15.2 Å². The van der Waals surface area contributed by atoms with Gasteiger partial charge in [-0.1, -0.05) is 36.4 Å². The van der Waals surface area contributed by atoms with Crippen molar-refractivity contribution in [2.24, 2.45) is 0 Å². The van der Waals surface area contributed by atoms with Crippen LogP contribution in [0.1, 0.15) is 27.2 Å². The Bertz CT molecular complexity index is 983. The molecule has 0 bridgehead atoms. The maximum Gasteiger partial charge on any atom is 0.257 e. The summed E-state index contributed by atoms with van der Waals surface area (Å²) in [6, 6.07) is 15.3. The van der Waals surface area contributed by atoms with Crippen LogP contribution < -0.4 is 15.6 Å². The van der Waals surface area contributed by atoms with Crippen molar-refractivity contribution in [1.29, 1.82) is 0 Å². The lowest BCUT2D eigenvalue weighted by Gasteiger charge is -2.21. The molecule has 0 aliphatic heterocycles. The van der Waals surface area contributed by atoms with Crippen LogP contribution in [0.5, 0.6) is 0 Å². The van der Waals surface area contributed by atoms with E-state index < -0.39 is 5.91 Å². The molecule has 138 valence electrons. The maximum atomic E-state index is 12.4. The van der Waals surface area contributed by atoms with Crippen LogP contribution in [0.25, 0.3) is 0 Å². The Morgan fingerprint density at radius 1 is 1.19 bits per heavy atom. The van der Waals surface area contributed by atoms with E-state index in [1.165, 1.54) is 17.8 Å². The van der Waals surface area contributed by atoms with Crippen LogP contribution in [-0.2, 0) is 13.1 Å². The van der Waals surface area contributed by atoms with Crippen LogP contribution in [0.2, 0.25) is 0 Å². The molecule has 1 aromatic carbocycles. The summed E-state index contributed by atoms with van der Waals surface area (Å²) in [7, 11) is 1.96. The molecule has 0 saturated carbocycles. The zero-order valence-electron chi connectivity index (χ0n) is 15.4. The van der Waals surface area contributed by atoms with E-state index in [2.05, 4.69) is 27.4 Å². The zero-order chi connectivity index (χ0) is 19.2. The van der Waals surface area contributed by atoms with Crippen molar-refractivity contribution in [3.8, 4) is 0 Å². The molecule has 0 aliphatic rings. The lowest BCUT2D eigenvalue weighted by atomic mass is 10.2. The number of rotatable bonds is 6. The first-order chi connectivity index (χ1) is 13.0. The van der Waals surface area contributed by atoms with Gasteiger partial charge in [0.05, 0.1) is 0 Å². The van der Waals surface area contributed by atoms with Gasteiger partial charge in [-0.2, -0.15) is 0 Å². The summed E-state index contributed by atoms with van der Waals surface area (Å²) in [5, 5.41) is 2.81. The van der Waals surface area contributed by atoms with Gasteiger partial charge >= 0.3 is 0 Å². The van der Waals surface area contributed by atoms with Crippen LogP contribution in [-0.4, -0.2) is 22.9 Å².